The Hall–Kier alpha value is -2.50. The summed E-state index contributed by atoms with van der Waals surface area (Å²) in [5.74, 6) is -3.16. The molecule has 0 saturated heterocycles. The van der Waals surface area contributed by atoms with Crippen LogP contribution in [-0.4, -0.2) is 5.91 Å². The molecule has 0 heterocycles. The summed E-state index contributed by atoms with van der Waals surface area (Å²) in [7, 11) is 0. The third kappa shape index (κ3) is 2.74. The van der Waals surface area contributed by atoms with Crippen molar-refractivity contribution in [2.24, 2.45) is 0 Å². The number of nitrogens with one attached hydrogen (secondary N) is 1. The summed E-state index contributed by atoms with van der Waals surface area (Å²) in [4.78, 5) is 12.0. The van der Waals surface area contributed by atoms with Gasteiger partial charge in [0.1, 0.15) is 17.5 Å². The molecule has 0 atom stereocenters. The fraction of sp³-hybridized carbons (Fsp3) is 0.0714. The fourth-order valence-electron chi connectivity index (χ4n) is 1.69. The predicted molar refractivity (Wildman–Crippen MR) is 69.9 cm³/mol. The molecule has 0 radical (unpaired) electrons. The number of halogens is 3. The van der Waals surface area contributed by atoms with Crippen LogP contribution in [0.1, 0.15) is 15.9 Å². The van der Waals surface area contributed by atoms with Crippen molar-refractivity contribution in [2.75, 3.05) is 11.1 Å². The van der Waals surface area contributed by atoms with E-state index < -0.39 is 23.4 Å². The Morgan fingerprint density at radius 1 is 1.10 bits per heavy atom. The molecule has 2 aromatic carbocycles. The molecule has 3 nitrogen and oxygen atoms in total. The van der Waals surface area contributed by atoms with Crippen LogP contribution in [0.2, 0.25) is 0 Å². The van der Waals surface area contributed by atoms with Crippen molar-refractivity contribution in [1.82, 2.24) is 0 Å². The highest BCUT2D eigenvalue weighted by Gasteiger charge is 2.14. The molecule has 0 unspecified atom stereocenters. The molecule has 0 aliphatic heterocycles. The summed E-state index contributed by atoms with van der Waals surface area (Å²) in [6.45, 7) is 1.61. The number of rotatable bonds is 2. The number of hydrogen-bond acceptors (Lipinski definition) is 2. The molecule has 3 N–H and O–H groups in total. The Balaban J connectivity index is 2.32. The molecular weight excluding hydrogens is 269 g/mol. The minimum absolute atomic E-state index is 0.0623. The monoisotopic (exact) mass is 280 g/mol. The highest BCUT2D eigenvalue weighted by molar-refractivity contribution is 6.05. The third-order valence-electron chi connectivity index (χ3n) is 2.78. The number of nitrogen functional groups attached to an aromatic ring is 1. The lowest BCUT2D eigenvalue weighted by Gasteiger charge is -2.09. The number of hydrogen-bond donors (Lipinski definition) is 2. The maximum atomic E-state index is 13.5. The summed E-state index contributed by atoms with van der Waals surface area (Å²) < 4.78 is 39.6. The van der Waals surface area contributed by atoms with Crippen LogP contribution in [-0.2, 0) is 0 Å². The summed E-state index contributed by atoms with van der Waals surface area (Å²) in [5.41, 5.74) is 5.33. The molecule has 20 heavy (non-hydrogen) atoms. The van der Waals surface area contributed by atoms with Crippen LogP contribution in [0, 0.1) is 24.4 Å². The first-order valence-corrected chi connectivity index (χ1v) is 5.70. The maximum absolute atomic E-state index is 13.5. The summed E-state index contributed by atoms with van der Waals surface area (Å²) in [6.07, 6.45) is 0. The van der Waals surface area contributed by atoms with Crippen molar-refractivity contribution in [2.45, 2.75) is 6.92 Å². The largest absolute Gasteiger partial charge is 0.396 e. The summed E-state index contributed by atoms with van der Waals surface area (Å²) in [6, 6.07) is 5.22. The van der Waals surface area contributed by atoms with Gasteiger partial charge in [0.25, 0.3) is 5.91 Å². The molecule has 0 saturated carbocycles. The zero-order valence-corrected chi connectivity index (χ0v) is 10.5. The third-order valence-corrected chi connectivity index (χ3v) is 2.78. The van der Waals surface area contributed by atoms with Gasteiger partial charge >= 0.3 is 0 Å². The van der Waals surface area contributed by atoms with Crippen molar-refractivity contribution in [3.8, 4) is 0 Å². The Labute approximate surface area is 113 Å². The number of benzene rings is 2. The lowest BCUT2D eigenvalue weighted by atomic mass is 10.1. The van der Waals surface area contributed by atoms with Gasteiger partial charge in [0.15, 0.2) is 0 Å². The highest BCUT2D eigenvalue weighted by atomic mass is 19.1. The van der Waals surface area contributed by atoms with Gasteiger partial charge in [-0.25, -0.2) is 13.2 Å². The van der Waals surface area contributed by atoms with Crippen LogP contribution in [0.4, 0.5) is 24.5 Å². The molecular formula is C14H11F3N2O. The van der Waals surface area contributed by atoms with Crippen LogP contribution in [0.3, 0.4) is 0 Å². The van der Waals surface area contributed by atoms with Gasteiger partial charge in [0, 0.05) is 11.6 Å². The lowest BCUT2D eigenvalue weighted by Crippen LogP contribution is -2.15. The molecule has 0 spiro atoms. The van der Waals surface area contributed by atoms with E-state index in [2.05, 4.69) is 5.32 Å². The minimum atomic E-state index is -0.959. The number of aryl methyl sites for hydroxylation is 1. The SMILES string of the molecule is Cc1ccc(F)cc1C(=O)Nc1cc(N)c(F)cc1F. The standard InChI is InChI=1S/C14H11F3N2O/c1-7-2-3-8(15)4-9(7)14(20)19-13-6-12(18)10(16)5-11(13)17/h2-6H,18H2,1H3,(H,19,20). The molecule has 1 amide bonds. The Morgan fingerprint density at radius 3 is 2.50 bits per heavy atom. The topological polar surface area (TPSA) is 55.1 Å². The van der Waals surface area contributed by atoms with Gasteiger partial charge in [0.05, 0.1) is 11.4 Å². The van der Waals surface area contributed by atoms with Gasteiger partial charge in [-0.3, -0.25) is 4.79 Å². The summed E-state index contributed by atoms with van der Waals surface area (Å²) >= 11 is 0. The molecule has 6 heteroatoms. The van der Waals surface area contributed by atoms with Crippen LogP contribution < -0.4 is 11.1 Å². The molecule has 0 aliphatic rings. The van der Waals surface area contributed by atoms with Crippen molar-refractivity contribution >= 4 is 17.3 Å². The first-order chi connectivity index (χ1) is 9.38. The molecule has 0 bridgehead atoms. The average molecular weight is 280 g/mol. The van der Waals surface area contributed by atoms with Crippen molar-refractivity contribution in [1.29, 1.82) is 0 Å². The zero-order valence-electron chi connectivity index (χ0n) is 10.5. The second-order valence-corrected chi connectivity index (χ2v) is 4.27. The highest BCUT2D eigenvalue weighted by Crippen LogP contribution is 2.22. The van der Waals surface area contributed by atoms with Gasteiger partial charge in [-0.05, 0) is 30.7 Å². The molecule has 0 aromatic heterocycles. The Kier molecular flexibility index (Phi) is 3.65. The Morgan fingerprint density at radius 2 is 1.80 bits per heavy atom. The molecule has 104 valence electrons. The van der Waals surface area contributed by atoms with E-state index in [9.17, 15) is 18.0 Å². The predicted octanol–water partition coefficient (Wildman–Crippen LogP) is 3.25. The van der Waals surface area contributed by atoms with Gasteiger partial charge in [-0.15, -0.1) is 0 Å². The summed E-state index contributed by atoms with van der Waals surface area (Å²) in [5, 5.41) is 2.24. The molecule has 0 aliphatic carbocycles. The van der Waals surface area contributed by atoms with Crippen molar-refractivity contribution in [3.63, 3.8) is 0 Å². The van der Waals surface area contributed by atoms with Gasteiger partial charge in [-0.1, -0.05) is 6.07 Å². The van der Waals surface area contributed by atoms with Crippen molar-refractivity contribution in [3.05, 3.63) is 58.9 Å². The number of carbonyl (C=O) groups is 1. The Bertz CT molecular complexity index is 686. The van der Waals surface area contributed by atoms with E-state index in [0.29, 0.717) is 11.6 Å². The van der Waals surface area contributed by atoms with E-state index >= 15 is 0 Å². The smallest absolute Gasteiger partial charge is 0.256 e. The van der Waals surface area contributed by atoms with E-state index in [-0.39, 0.29) is 16.9 Å². The maximum Gasteiger partial charge on any atom is 0.256 e. The fourth-order valence-corrected chi connectivity index (χ4v) is 1.69. The molecule has 2 aromatic rings. The van der Waals surface area contributed by atoms with E-state index in [1.165, 1.54) is 12.1 Å². The quantitative estimate of drug-likeness (QED) is 0.830. The van der Waals surface area contributed by atoms with Gasteiger partial charge in [0.2, 0.25) is 0 Å². The first kappa shape index (κ1) is 13.9. The molecule has 0 fully saturated rings. The zero-order chi connectivity index (χ0) is 14.9. The van der Waals surface area contributed by atoms with E-state index in [1.807, 2.05) is 0 Å². The number of anilines is 2. The lowest BCUT2D eigenvalue weighted by molar-refractivity contribution is 0.102. The second-order valence-electron chi connectivity index (χ2n) is 4.27. The van der Waals surface area contributed by atoms with Crippen LogP contribution in [0.15, 0.2) is 30.3 Å². The van der Waals surface area contributed by atoms with E-state index in [0.717, 1.165) is 12.1 Å². The van der Waals surface area contributed by atoms with E-state index in [4.69, 9.17) is 5.73 Å². The normalized spacial score (nSPS) is 10.4. The second kappa shape index (κ2) is 5.24. The average Bonchev–Trinajstić information content (AvgIpc) is 2.38. The molecule has 2 rings (SSSR count). The number of amides is 1. The van der Waals surface area contributed by atoms with Crippen LogP contribution >= 0.6 is 0 Å². The van der Waals surface area contributed by atoms with Gasteiger partial charge in [-0.2, -0.15) is 0 Å². The van der Waals surface area contributed by atoms with Crippen molar-refractivity contribution < 1.29 is 18.0 Å². The van der Waals surface area contributed by atoms with Crippen LogP contribution in [0.25, 0.3) is 0 Å². The minimum Gasteiger partial charge on any atom is -0.396 e. The first-order valence-electron chi connectivity index (χ1n) is 5.70. The number of carbonyl (C=O) groups excluding carboxylic acids is 1. The van der Waals surface area contributed by atoms with Gasteiger partial charge < -0.3 is 11.1 Å². The number of nitrogens with two attached hydrogens (primary N) is 1. The van der Waals surface area contributed by atoms with Crippen LogP contribution in [0.5, 0.6) is 0 Å². The van der Waals surface area contributed by atoms with E-state index in [1.54, 1.807) is 6.92 Å².